The lowest BCUT2D eigenvalue weighted by Crippen LogP contribution is -2.27. The highest BCUT2D eigenvalue weighted by Crippen LogP contribution is 2.34. The molecule has 0 radical (unpaired) electrons. The predicted octanol–water partition coefficient (Wildman–Crippen LogP) is 2.41. The molecule has 2 rings (SSSR count). The van der Waals surface area contributed by atoms with Crippen LogP contribution >= 0.6 is 0 Å². The van der Waals surface area contributed by atoms with Crippen LogP contribution in [0.1, 0.15) is 62.8 Å². The predicted molar refractivity (Wildman–Crippen MR) is 68.4 cm³/mol. The van der Waals surface area contributed by atoms with E-state index in [1.165, 1.54) is 12.8 Å². The fourth-order valence-corrected chi connectivity index (χ4v) is 2.74. The lowest BCUT2D eigenvalue weighted by Gasteiger charge is -2.14. The Balaban J connectivity index is 2.09. The Morgan fingerprint density at radius 2 is 2.33 bits per heavy atom. The van der Waals surface area contributed by atoms with E-state index in [2.05, 4.69) is 22.4 Å². The first-order valence-electron chi connectivity index (χ1n) is 6.83. The van der Waals surface area contributed by atoms with Crippen LogP contribution in [0.25, 0.3) is 0 Å². The van der Waals surface area contributed by atoms with Crippen LogP contribution in [0, 0.1) is 0 Å². The summed E-state index contributed by atoms with van der Waals surface area (Å²) in [6.45, 7) is 2.13. The van der Waals surface area contributed by atoms with Gasteiger partial charge in [-0.25, -0.2) is 0 Å². The number of methoxy groups -OCH3 is 1. The smallest absolute Gasteiger partial charge is 0.231 e. The van der Waals surface area contributed by atoms with Crippen LogP contribution in [0.15, 0.2) is 4.52 Å². The number of ether oxygens (including phenoxy) is 1. The number of nitrogens with one attached hydrogen (secondary N) is 1. The fraction of sp³-hybridized carbons (Fsp3) is 0.846. The second-order valence-electron chi connectivity index (χ2n) is 4.94. The Kier molecular flexibility index (Phi) is 4.72. The quantitative estimate of drug-likeness (QED) is 0.843. The second kappa shape index (κ2) is 6.29. The van der Waals surface area contributed by atoms with E-state index in [0.29, 0.717) is 17.8 Å². The Bertz CT molecular complexity index is 367. The molecule has 1 aromatic rings. The highest BCUT2D eigenvalue weighted by molar-refractivity contribution is 5.03. The summed E-state index contributed by atoms with van der Waals surface area (Å²) in [7, 11) is 3.69. The Morgan fingerprint density at radius 3 is 3.00 bits per heavy atom. The molecule has 1 aliphatic rings. The van der Waals surface area contributed by atoms with E-state index in [0.717, 1.165) is 25.2 Å². The van der Waals surface area contributed by atoms with E-state index >= 15 is 0 Å². The zero-order valence-corrected chi connectivity index (χ0v) is 11.5. The van der Waals surface area contributed by atoms with Crippen molar-refractivity contribution in [2.24, 2.45) is 0 Å². The number of rotatable bonds is 6. The average Bonchev–Trinajstić information content (AvgIpc) is 3.03. The van der Waals surface area contributed by atoms with E-state index in [9.17, 15) is 0 Å². The maximum absolute atomic E-state index is 5.43. The molecule has 3 atom stereocenters. The van der Waals surface area contributed by atoms with E-state index in [1.54, 1.807) is 7.11 Å². The van der Waals surface area contributed by atoms with Crippen molar-refractivity contribution in [1.29, 1.82) is 0 Å². The summed E-state index contributed by atoms with van der Waals surface area (Å²) in [5.74, 6) is 1.81. The zero-order chi connectivity index (χ0) is 13.0. The highest BCUT2D eigenvalue weighted by Gasteiger charge is 2.32. The standard InChI is InChI=1S/C13H23N3O2/c1-4-6-11(17-3)12-15-13(18-16-12)9-7-5-8-10(9)14-2/h9-11,14H,4-8H2,1-3H3. The van der Waals surface area contributed by atoms with Gasteiger partial charge < -0.3 is 14.6 Å². The van der Waals surface area contributed by atoms with Crippen LogP contribution in [-0.4, -0.2) is 30.3 Å². The first-order valence-corrected chi connectivity index (χ1v) is 6.83. The lowest BCUT2D eigenvalue weighted by molar-refractivity contribution is 0.0854. The molecule has 1 saturated carbocycles. The highest BCUT2D eigenvalue weighted by atomic mass is 16.5. The third-order valence-corrected chi connectivity index (χ3v) is 3.78. The van der Waals surface area contributed by atoms with Gasteiger partial charge in [0.2, 0.25) is 11.7 Å². The molecule has 102 valence electrons. The average molecular weight is 253 g/mol. The molecule has 0 spiro atoms. The molecule has 0 amide bonds. The molecule has 1 aliphatic carbocycles. The number of nitrogens with zero attached hydrogens (tertiary/aromatic N) is 2. The third-order valence-electron chi connectivity index (χ3n) is 3.78. The number of aromatic nitrogens is 2. The first-order chi connectivity index (χ1) is 8.80. The van der Waals surface area contributed by atoms with Crippen molar-refractivity contribution in [3.63, 3.8) is 0 Å². The monoisotopic (exact) mass is 253 g/mol. The molecule has 0 bridgehead atoms. The van der Waals surface area contributed by atoms with Gasteiger partial charge in [0.05, 0.1) is 5.92 Å². The van der Waals surface area contributed by atoms with Crippen LogP contribution in [0.4, 0.5) is 0 Å². The van der Waals surface area contributed by atoms with E-state index in [1.807, 2.05) is 7.05 Å². The van der Waals surface area contributed by atoms with E-state index in [4.69, 9.17) is 9.26 Å². The van der Waals surface area contributed by atoms with Crippen molar-refractivity contribution in [2.75, 3.05) is 14.2 Å². The van der Waals surface area contributed by atoms with Gasteiger partial charge in [-0.2, -0.15) is 4.98 Å². The zero-order valence-electron chi connectivity index (χ0n) is 11.5. The van der Waals surface area contributed by atoms with Crippen LogP contribution in [0.5, 0.6) is 0 Å². The SMILES string of the molecule is CCCC(OC)c1noc(C2CCCC2NC)n1. The molecule has 1 fully saturated rings. The molecule has 18 heavy (non-hydrogen) atoms. The van der Waals surface area contributed by atoms with E-state index in [-0.39, 0.29) is 6.10 Å². The second-order valence-corrected chi connectivity index (χ2v) is 4.94. The lowest BCUT2D eigenvalue weighted by atomic mass is 10.0. The Labute approximate surface area is 108 Å². The number of hydrogen-bond acceptors (Lipinski definition) is 5. The summed E-state index contributed by atoms with van der Waals surface area (Å²) in [6, 6.07) is 0.463. The molecular weight excluding hydrogens is 230 g/mol. The van der Waals surface area contributed by atoms with Gasteiger partial charge in [0.1, 0.15) is 6.10 Å². The van der Waals surface area contributed by atoms with Gasteiger partial charge in [-0.3, -0.25) is 0 Å². The minimum atomic E-state index is -0.0399. The largest absolute Gasteiger partial charge is 0.373 e. The molecule has 0 saturated heterocycles. The molecule has 0 aliphatic heterocycles. The van der Waals surface area contributed by atoms with Crippen LogP contribution in [-0.2, 0) is 4.74 Å². The maximum Gasteiger partial charge on any atom is 0.231 e. The van der Waals surface area contributed by atoms with E-state index < -0.39 is 0 Å². The van der Waals surface area contributed by atoms with Gasteiger partial charge in [0.15, 0.2) is 0 Å². The summed E-state index contributed by atoms with van der Waals surface area (Å²) in [5.41, 5.74) is 0. The Morgan fingerprint density at radius 1 is 1.50 bits per heavy atom. The van der Waals surface area contributed by atoms with Crippen LogP contribution in [0.2, 0.25) is 0 Å². The van der Waals surface area contributed by atoms with Gasteiger partial charge >= 0.3 is 0 Å². The molecule has 5 heteroatoms. The van der Waals surface area contributed by atoms with Crippen molar-refractivity contribution in [3.8, 4) is 0 Å². The Hall–Kier alpha value is -0.940. The fourth-order valence-electron chi connectivity index (χ4n) is 2.74. The molecular formula is C13H23N3O2. The van der Waals surface area contributed by atoms with Gasteiger partial charge in [-0.15, -0.1) is 0 Å². The summed E-state index contributed by atoms with van der Waals surface area (Å²) < 4.78 is 10.8. The van der Waals surface area contributed by atoms with Gasteiger partial charge in [0, 0.05) is 13.2 Å². The summed E-state index contributed by atoms with van der Waals surface area (Å²) in [5, 5.41) is 7.41. The first kappa shape index (κ1) is 13.5. The van der Waals surface area contributed by atoms with Crippen molar-refractivity contribution in [1.82, 2.24) is 15.5 Å². The van der Waals surface area contributed by atoms with Crippen molar-refractivity contribution >= 4 is 0 Å². The molecule has 1 aromatic heterocycles. The normalized spacial score (nSPS) is 25.5. The van der Waals surface area contributed by atoms with Crippen molar-refractivity contribution < 1.29 is 9.26 Å². The molecule has 1 heterocycles. The topological polar surface area (TPSA) is 60.2 Å². The van der Waals surface area contributed by atoms with Crippen molar-refractivity contribution in [3.05, 3.63) is 11.7 Å². The molecule has 3 unspecified atom stereocenters. The minimum Gasteiger partial charge on any atom is -0.373 e. The van der Waals surface area contributed by atoms with Gasteiger partial charge in [-0.05, 0) is 26.3 Å². The molecule has 1 N–H and O–H groups in total. The van der Waals surface area contributed by atoms with Gasteiger partial charge in [0.25, 0.3) is 0 Å². The van der Waals surface area contributed by atoms with Crippen LogP contribution in [0.3, 0.4) is 0 Å². The summed E-state index contributed by atoms with van der Waals surface area (Å²) >= 11 is 0. The third kappa shape index (κ3) is 2.72. The molecule has 5 nitrogen and oxygen atoms in total. The maximum atomic E-state index is 5.43. The van der Waals surface area contributed by atoms with Gasteiger partial charge in [-0.1, -0.05) is 24.9 Å². The minimum absolute atomic E-state index is 0.0399. The summed E-state index contributed by atoms with van der Waals surface area (Å²) in [6.07, 6.45) is 5.46. The number of hydrogen-bond donors (Lipinski definition) is 1. The number of likely N-dealkylation sites (N-methyl/N-ethyl adjacent to an activating group) is 1. The van der Waals surface area contributed by atoms with Crippen molar-refractivity contribution in [2.45, 2.75) is 57.1 Å². The van der Waals surface area contributed by atoms with Crippen LogP contribution < -0.4 is 5.32 Å². The summed E-state index contributed by atoms with van der Waals surface area (Å²) in [4.78, 5) is 4.54. The molecule has 0 aromatic carbocycles.